The average Bonchev–Trinajstić information content (AvgIpc) is 2.89. The Labute approximate surface area is 77.6 Å². The van der Waals surface area contributed by atoms with Crippen molar-refractivity contribution in [2.75, 3.05) is 0 Å². The zero-order valence-corrected chi connectivity index (χ0v) is 7.48. The second kappa shape index (κ2) is 3.34. The lowest BCUT2D eigenvalue weighted by Gasteiger charge is -2.10. The van der Waals surface area contributed by atoms with E-state index in [-0.39, 0.29) is 11.8 Å². The molecule has 0 amide bonds. The fraction of sp³-hybridized carbons (Fsp3) is 0.500. The van der Waals surface area contributed by atoms with Gasteiger partial charge in [-0.3, -0.25) is 4.98 Å². The molecule has 3 nitrogen and oxygen atoms in total. The Morgan fingerprint density at radius 2 is 2.38 bits per heavy atom. The molecule has 1 aliphatic carbocycles. The number of hydrogen-bond donors (Lipinski definition) is 2. The summed E-state index contributed by atoms with van der Waals surface area (Å²) in [5, 5.41) is 9.47. The molecule has 0 aliphatic heterocycles. The molecule has 1 aromatic heterocycles. The Morgan fingerprint density at radius 3 is 3.00 bits per heavy atom. The Bertz CT molecular complexity index is 297. The van der Waals surface area contributed by atoms with Crippen molar-refractivity contribution >= 4 is 0 Å². The van der Waals surface area contributed by atoms with E-state index >= 15 is 0 Å². The quantitative estimate of drug-likeness (QED) is 0.738. The van der Waals surface area contributed by atoms with E-state index in [0.29, 0.717) is 5.69 Å². The number of nitrogens with two attached hydrogens (primary N) is 1. The highest BCUT2D eigenvalue weighted by Crippen LogP contribution is 2.37. The van der Waals surface area contributed by atoms with Crippen molar-refractivity contribution < 1.29 is 5.11 Å². The summed E-state index contributed by atoms with van der Waals surface area (Å²) in [4.78, 5) is 4.08. The van der Waals surface area contributed by atoms with Gasteiger partial charge in [-0.25, -0.2) is 0 Å². The van der Waals surface area contributed by atoms with Gasteiger partial charge in [0.15, 0.2) is 0 Å². The monoisotopic (exact) mass is 178 g/mol. The fourth-order valence-corrected chi connectivity index (χ4v) is 1.52. The van der Waals surface area contributed by atoms with E-state index < -0.39 is 0 Å². The average molecular weight is 178 g/mol. The normalized spacial score (nSPS) is 18.5. The summed E-state index contributed by atoms with van der Waals surface area (Å²) in [6, 6.07) is 3.24. The van der Waals surface area contributed by atoms with Gasteiger partial charge in [-0.05, 0) is 24.5 Å². The van der Waals surface area contributed by atoms with E-state index in [1.807, 2.05) is 0 Å². The fourth-order valence-electron chi connectivity index (χ4n) is 1.52. The topological polar surface area (TPSA) is 59.1 Å². The molecule has 1 aliphatic rings. The third kappa shape index (κ3) is 1.98. The van der Waals surface area contributed by atoms with E-state index in [0.717, 1.165) is 12.3 Å². The van der Waals surface area contributed by atoms with Crippen LogP contribution in [-0.4, -0.2) is 10.1 Å². The molecule has 1 saturated carbocycles. The van der Waals surface area contributed by atoms with Crippen LogP contribution in [0.3, 0.4) is 0 Å². The standard InChI is InChI=1S/C10H14N2O/c11-8(6-7-3-4-7)10-9(13)2-1-5-12-10/h1-2,5,7-8,13H,3-4,6,11H2/t8-/m0/s1. The lowest BCUT2D eigenvalue weighted by molar-refractivity contribution is 0.449. The molecule has 1 fully saturated rings. The van der Waals surface area contributed by atoms with E-state index in [1.54, 1.807) is 18.3 Å². The Morgan fingerprint density at radius 1 is 1.62 bits per heavy atom. The molecule has 3 heteroatoms. The minimum atomic E-state index is -0.103. The number of hydrogen-bond acceptors (Lipinski definition) is 3. The van der Waals surface area contributed by atoms with Crippen LogP contribution < -0.4 is 5.73 Å². The summed E-state index contributed by atoms with van der Waals surface area (Å²) in [7, 11) is 0. The number of aromatic nitrogens is 1. The summed E-state index contributed by atoms with van der Waals surface area (Å²) in [6.07, 6.45) is 5.18. The van der Waals surface area contributed by atoms with Crippen molar-refractivity contribution in [3.8, 4) is 5.75 Å². The lowest BCUT2D eigenvalue weighted by atomic mass is 10.1. The molecule has 0 aromatic carbocycles. The predicted molar refractivity (Wildman–Crippen MR) is 50.2 cm³/mol. The van der Waals surface area contributed by atoms with Gasteiger partial charge >= 0.3 is 0 Å². The maximum Gasteiger partial charge on any atom is 0.138 e. The maximum atomic E-state index is 9.47. The maximum absolute atomic E-state index is 9.47. The van der Waals surface area contributed by atoms with Gasteiger partial charge in [0.2, 0.25) is 0 Å². The summed E-state index contributed by atoms with van der Waals surface area (Å²) in [5.41, 5.74) is 6.55. The van der Waals surface area contributed by atoms with Gasteiger partial charge in [-0.15, -0.1) is 0 Å². The molecule has 2 rings (SSSR count). The van der Waals surface area contributed by atoms with Crippen LogP contribution in [0.5, 0.6) is 5.75 Å². The molecule has 0 spiro atoms. The van der Waals surface area contributed by atoms with Crippen LogP contribution in [0.4, 0.5) is 0 Å². The molecule has 0 unspecified atom stereocenters. The van der Waals surface area contributed by atoms with Gasteiger partial charge in [0.05, 0.1) is 11.7 Å². The van der Waals surface area contributed by atoms with E-state index in [2.05, 4.69) is 4.98 Å². The number of aromatic hydroxyl groups is 1. The predicted octanol–water partition coefficient (Wildman–Crippen LogP) is 1.59. The third-order valence-corrected chi connectivity index (χ3v) is 2.45. The zero-order valence-electron chi connectivity index (χ0n) is 7.48. The van der Waals surface area contributed by atoms with Crippen LogP contribution >= 0.6 is 0 Å². The van der Waals surface area contributed by atoms with Gasteiger partial charge in [-0.2, -0.15) is 0 Å². The van der Waals surface area contributed by atoms with E-state index in [4.69, 9.17) is 5.73 Å². The van der Waals surface area contributed by atoms with Crippen molar-refractivity contribution in [2.24, 2.45) is 11.7 Å². The first kappa shape index (κ1) is 8.51. The second-order valence-corrected chi connectivity index (χ2v) is 3.69. The van der Waals surface area contributed by atoms with Crippen LogP contribution in [0.25, 0.3) is 0 Å². The van der Waals surface area contributed by atoms with Crippen molar-refractivity contribution in [1.82, 2.24) is 4.98 Å². The highest BCUT2D eigenvalue weighted by molar-refractivity contribution is 5.27. The smallest absolute Gasteiger partial charge is 0.138 e. The van der Waals surface area contributed by atoms with Gasteiger partial charge in [0.1, 0.15) is 5.75 Å². The number of pyridine rings is 1. The van der Waals surface area contributed by atoms with Crippen LogP contribution in [0.15, 0.2) is 18.3 Å². The van der Waals surface area contributed by atoms with Crippen molar-refractivity contribution in [1.29, 1.82) is 0 Å². The second-order valence-electron chi connectivity index (χ2n) is 3.69. The lowest BCUT2D eigenvalue weighted by Crippen LogP contribution is -2.12. The van der Waals surface area contributed by atoms with Crippen molar-refractivity contribution in [2.45, 2.75) is 25.3 Å². The number of rotatable bonds is 3. The zero-order chi connectivity index (χ0) is 9.26. The van der Waals surface area contributed by atoms with Gasteiger partial charge in [0.25, 0.3) is 0 Å². The summed E-state index contributed by atoms with van der Waals surface area (Å²) in [5.74, 6) is 0.979. The molecule has 1 atom stereocenters. The summed E-state index contributed by atoms with van der Waals surface area (Å²) >= 11 is 0. The first-order valence-corrected chi connectivity index (χ1v) is 4.67. The van der Waals surface area contributed by atoms with Crippen LogP contribution in [0.1, 0.15) is 31.0 Å². The molecule has 1 aromatic rings. The molecule has 70 valence electrons. The van der Waals surface area contributed by atoms with E-state index in [9.17, 15) is 5.11 Å². The molecule has 1 heterocycles. The molecular weight excluding hydrogens is 164 g/mol. The van der Waals surface area contributed by atoms with Crippen molar-refractivity contribution in [3.05, 3.63) is 24.0 Å². The first-order chi connectivity index (χ1) is 6.27. The van der Waals surface area contributed by atoms with Crippen molar-refractivity contribution in [3.63, 3.8) is 0 Å². The molecular formula is C10H14N2O. The van der Waals surface area contributed by atoms with Crippen LogP contribution in [0, 0.1) is 5.92 Å². The van der Waals surface area contributed by atoms with E-state index in [1.165, 1.54) is 12.8 Å². The molecule has 0 bridgehead atoms. The summed E-state index contributed by atoms with van der Waals surface area (Å²) < 4.78 is 0. The SMILES string of the molecule is N[C@@H](CC1CC1)c1ncccc1O. The largest absolute Gasteiger partial charge is 0.506 e. The Balaban J connectivity index is 2.09. The summed E-state index contributed by atoms with van der Waals surface area (Å²) in [6.45, 7) is 0. The minimum Gasteiger partial charge on any atom is -0.506 e. The van der Waals surface area contributed by atoms with Gasteiger partial charge in [0, 0.05) is 6.20 Å². The van der Waals surface area contributed by atoms with Gasteiger partial charge < -0.3 is 10.8 Å². The van der Waals surface area contributed by atoms with Gasteiger partial charge in [-0.1, -0.05) is 12.8 Å². The molecule has 3 N–H and O–H groups in total. The Hall–Kier alpha value is -1.09. The minimum absolute atomic E-state index is 0.103. The molecule has 13 heavy (non-hydrogen) atoms. The number of nitrogens with zero attached hydrogens (tertiary/aromatic N) is 1. The van der Waals surface area contributed by atoms with Crippen LogP contribution in [0.2, 0.25) is 0 Å². The Kier molecular flexibility index (Phi) is 2.19. The molecule has 0 radical (unpaired) electrons. The molecule has 0 saturated heterocycles. The first-order valence-electron chi connectivity index (χ1n) is 4.67. The van der Waals surface area contributed by atoms with Crippen LogP contribution in [-0.2, 0) is 0 Å². The highest BCUT2D eigenvalue weighted by atomic mass is 16.3. The highest BCUT2D eigenvalue weighted by Gasteiger charge is 2.25. The third-order valence-electron chi connectivity index (χ3n) is 2.45.